The Labute approximate surface area is 199 Å². The summed E-state index contributed by atoms with van der Waals surface area (Å²) in [7, 11) is -3.75. The molecule has 2 aromatic carbocycles. The lowest BCUT2D eigenvalue weighted by molar-refractivity contribution is -0.126. The van der Waals surface area contributed by atoms with Crippen molar-refractivity contribution in [1.82, 2.24) is 9.62 Å². The summed E-state index contributed by atoms with van der Waals surface area (Å²) in [4.78, 5) is 15.0. The Balaban J connectivity index is 1.29. The van der Waals surface area contributed by atoms with Crippen molar-refractivity contribution in [2.75, 3.05) is 31.1 Å². The van der Waals surface area contributed by atoms with E-state index in [0.29, 0.717) is 24.4 Å². The van der Waals surface area contributed by atoms with Crippen molar-refractivity contribution < 1.29 is 13.2 Å². The predicted octanol–water partition coefficient (Wildman–Crippen LogP) is 4.31. The molecule has 0 aromatic heterocycles. The van der Waals surface area contributed by atoms with Gasteiger partial charge >= 0.3 is 0 Å². The van der Waals surface area contributed by atoms with Gasteiger partial charge in [0.2, 0.25) is 15.9 Å². The molecule has 0 saturated carbocycles. The van der Waals surface area contributed by atoms with E-state index in [2.05, 4.69) is 34.5 Å². The number of carbonyl (C=O) groups is 1. The number of halogens is 2. The molecule has 6 nitrogen and oxygen atoms in total. The molecule has 1 N–H and O–H groups in total. The Kier molecular flexibility index (Phi) is 7.30. The van der Waals surface area contributed by atoms with Crippen LogP contribution in [0.25, 0.3) is 0 Å². The van der Waals surface area contributed by atoms with Crippen LogP contribution in [0.15, 0.2) is 47.4 Å². The molecular formula is C23H27Cl2N3O3S. The second-order valence-electron chi connectivity index (χ2n) is 8.33. The third-order valence-electron chi connectivity index (χ3n) is 6.21. The first-order chi connectivity index (χ1) is 15.3. The summed E-state index contributed by atoms with van der Waals surface area (Å²) in [5, 5.41) is 3.46. The molecule has 0 aliphatic carbocycles. The normalized spacial score (nSPS) is 18.1. The quantitative estimate of drug-likeness (QED) is 0.647. The van der Waals surface area contributed by atoms with Crippen LogP contribution in [-0.2, 0) is 21.4 Å². The van der Waals surface area contributed by atoms with Crippen LogP contribution in [0.1, 0.15) is 31.2 Å². The molecule has 9 heteroatoms. The van der Waals surface area contributed by atoms with E-state index in [1.165, 1.54) is 35.0 Å². The Morgan fingerprint density at radius 1 is 0.969 bits per heavy atom. The molecule has 0 spiro atoms. The van der Waals surface area contributed by atoms with Crippen molar-refractivity contribution in [2.45, 2.75) is 37.1 Å². The van der Waals surface area contributed by atoms with Crippen LogP contribution in [0, 0.1) is 5.92 Å². The summed E-state index contributed by atoms with van der Waals surface area (Å²) < 4.78 is 27.3. The molecule has 1 amide bonds. The van der Waals surface area contributed by atoms with Crippen LogP contribution < -0.4 is 10.2 Å². The number of nitrogens with one attached hydrogen (secondary N) is 1. The second kappa shape index (κ2) is 10.00. The Morgan fingerprint density at radius 3 is 2.28 bits per heavy atom. The summed E-state index contributed by atoms with van der Waals surface area (Å²) in [5.74, 6) is -0.244. The van der Waals surface area contributed by atoms with E-state index in [1.54, 1.807) is 6.07 Å². The number of hydrogen-bond donors (Lipinski definition) is 1. The second-order valence-corrected chi connectivity index (χ2v) is 11.1. The fourth-order valence-corrected chi connectivity index (χ4v) is 6.51. The Bertz CT molecular complexity index is 1060. The van der Waals surface area contributed by atoms with Gasteiger partial charge in [0.25, 0.3) is 0 Å². The number of rotatable bonds is 6. The van der Waals surface area contributed by atoms with E-state index in [4.69, 9.17) is 23.2 Å². The van der Waals surface area contributed by atoms with Gasteiger partial charge < -0.3 is 10.2 Å². The zero-order valence-corrected chi connectivity index (χ0v) is 20.1. The Hall–Kier alpha value is -1.80. The number of sulfonamides is 1. The van der Waals surface area contributed by atoms with Crippen LogP contribution in [0.4, 0.5) is 5.69 Å². The molecule has 2 aliphatic heterocycles. The van der Waals surface area contributed by atoms with Crippen LogP contribution in [0.5, 0.6) is 0 Å². The minimum Gasteiger partial charge on any atom is -0.372 e. The molecule has 4 rings (SSSR count). The molecule has 172 valence electrons. The maximum atomic E-state index is 12.9. The number of carbonyl (C=O) groups excluding carboxylic acids is 1. The molecule has 2 saturated heterocycles. The molecule has 0 atom stereocenters. The highest BCUT2D eigenvalue weighted by Crippen LogP contribution is 2.30. The van der Waals surface area contributed by atoms with Crippen molar-refractivity contribution in [2.24, 2.45) is 5.92 Å². The number of hydrogen-bond acceptors (Lipinski definition) is 4. The SMILES string of the molecule is O=C(NCc1ccc(N2CCCC2)cc1)C1CCN(S(=O)(=O)c2cc(Cl)ccc2Cl)CC1. The third kappa shape index (κ3) is 5.22. The minimum absolute atomic E-state index is 0.00643. The maximum absolute atomic E-state index is 12.9. The van der Waals surface area contributed by atoms with Gasteiger partial charge in [0.05, 0.1) is 5.02 Å². The highest BCUT2D eigenvalue weighted by Gasteiger charge is 2.33. The largest absolute Gasteiger partial charge is 0.372 e. The van der Waals surface area contributed by atoms with E-state index in [-0.39, 0.29) is 34.8 Å². The summed E-state index contributed by atoms with van der Waals surface area (Å²) in [6, 6.07) is 12.7. The fraction of sp³-hybridized carbons (Fsp3) is 0.435. The molecule has 2 aromatic rings. The van der Waals surface area contributed by atoms with Crippen LogP contribution in [0.3, 0.4) is 0 Å². The zero-order valence-electron chi connectivity index (χ0n) is 17.8. The first-order valence-corrected chi connectivity index (χ1v) is 13.1. The highest BCUT2D eigenvalue weighted by molar-refractivity contribution is 7.89. The number of nitrogens with zero attached hydrogens (tertiary/aromatic N) is 2. The van der Waals surface area contributed by atoms with Gasteiger partial charge in [0, 0.05) is 49.4 Å². The summed E-state index contributed by atoms with van der Waals surface area (Å²) in [6.45, 7) is 3.22. The molecular weight excluding hydrogens is 469 g/mol. The van der Waals surface area contributed by atoms with E-state index in [1.807, 2.05) is 0 Å². The van der Waals surface area contributed by atoms with Crippen LogP contribution >= 0.6 is 23.2 Å². The van der Waals surface area contributed by atoms with E-state index in [9.17, 15) is 13.2 Å². The third-order valence-corrected chi connectivity index (χ3v) is 8.83. The molecule has 0 radical (unpaired) electrons. The van der Waals surface area contributed by atoms with Gasteiger partial charge in [-0.3, -0.25) is 4.79 Å². The van der Waals surface area contributed by atoms with Crippen LogP contribution in [-0.4, -0.2) is 44.8 Å². The average Bonchev–Trinajstić information content (AvgIpc) is 3.34. The van der Waals surface area contributed by atoms with Gasteiger partial charge in [-0.2, -0.15) is 4.31 Å². The van der Waals surface area contributed by atoms with Crippen molar-refractivity contribution in [3.63, 3.8) is 0 Å². The highest BCUT2D eigenvalue weighted by atomic mass is 35.5. The molecule has 2 aliphatic rings. The first-order valence-electron chi connectivity index (χ1n) is 10.9. The minimum atomic E-state index is -3.75. The van der Waals surface area contributed by atoms with Gasteiger partial charge in [-0.1, -0.05) is 35.3 Å². The molecule has 32 heavy (non-hydrogen) atoms. The number of benzene rings is 2. The topological polar surface area (TPSA) is 69.7 Å². The summed E-state index contributed by atoms with van der Waals surface area (Å²) in [5.41, 5.74) is 2.28. The number of anilines is 1. The lowest BCUT2D eigenvalue weighted by atomic mass is 9.97. The van der Waals surface area contributed by atoms with Gasteiger partial charge in [0.15, 0.2) is 0 Å². The average molecular weight is 496 g/mol. The molecule has 0 bridgehead atoms. The van der Waals surface area contributed by atoms with Crippen molar-refractivity contribution >= 4 is 44.8 Å². The first kappa shape index (κ1) is 23.4. The van der Waals surface area contributed by atoms with Gasteiger partial charge in [-0.25, -0.2) is 8.42 Å². The number of amides is 1. The van der Waals surface area contributed by atoms with E-state index in [0.717, 1.165) is 18.7 Å². The van der Waals surface area contributed by atoms with Crippen molar-refractivity contribution in [1.29, 1.82) is 0 Å². The monoisotopic (exact) mass is 495 g/mol. The van der Waals surface area contributed by atoms with Crippen molar-refractivity contribution in [3.05, 3.63) is 58.1 Å². The zero-order chi connectivity index (χ0) is 22.7. The molecule has 0 unspecified atom stereocenters. The lowest BCUT2D eigenvalue weighted by Crippen LogP contribution is -2.42. The van der Waals surface area contributed by atoms with E-state index < -0.39 is 10.0 Å². The maximum Gasteiger partial charge on any atom is 0.244 e. The standard InChI is InChI=1S/C23H27Cl2N3O3S/c24-19-5-8-21(25)22(15-19)32(30,31)28-13-9-18(10-14-28)23(29)26-16-17-3-6-20(7-4-17)27-11-1-2-12-27/h3-8,15,18H,1-2,9-14,16H2,(H,26,29). The van der Waals surface area contributed by atoms with Gasteiger partial charge in [-0.15, -0.1) is 0 Å². The Morgan fingerprint density at radius 2 is 1.62 bits per heavy atom. The van der Waals surface area contributed by atoms with Crippen molar-refractivity contribution in [3.8, 4) is 0 Å². The lowest BCUT2D eigenvalue weighted by Gasteiger charge is -2.30. The van der Waals surface area contributed by atoms with Gasteiger partial charge in [-0.05, 0) is 61.6 Å². The summed E-state index contributed by atoms with van der Waals surface area (Å²) >= 11 is 12.1. The smallest absolute Gasteiger partial charge is 0.244 e. The predicted molar refractivity (Wildman–Crippen MR) is 128 cm³/mol. The fourth-order valence-electron chi connectivity index (χ4n) is 4.31. The number of piperidine rings is 1. The van der Waals surface area contributed by atoms with Gasteiger partial charge in [0.1, 0.15) is 4.90 Å². The van der Waals surface area contributed by atoms with Crippen LogP contribution in [0.2, 0.25) is 10.0 Å². The molecule has 2 fully saturated rings. The van der Waals surface area contributed by atoms with E-state index >= 15 is 0 Å². The molecule has 2 heterocycles. The summed E-state index contributed by atoms with van der Waals surface area (Å²) in [6.07, 6.45) is 3.42.